The first-order valence-corrected chi connectivity index (χ1v) is 5.85. The Kier molecular flexibility index (Phi) is 3.79. The van der Waals surface area contributed by atoms with E-state index in [4.69, 9.17) is 0 Å². The first-order chi connectivity index (χ1) is 7.33. The van der Waals surface area contributed by atoms with Crippen LogP contribution in [0.2, 0.25) is 0 Å². The van der Waals surface area contributed by atoms with Crippen LogP contribution in [-0.4, -0.2) is 5.54 Å². The van der Waals surface area contributed by atoms with Gasteiger partial charge in [0.25, 0.3) is 0 Å². The fraction of sp³-hybridized carbons (Fsp3) is 0.467. The molecular formula is C15H23N. The van der Waals surface area contributed by atoms with Crippen molar-refractivity contribution in [3.63, 3.8) is 0 Å². The van der Waals surface area contributed by atoms with Gasteiger partial charge in [0.15, 0.2) is 0 Å². The van der Waals surface area contributed by atoms with Gasteiger partial charge in [0.05, 0.1) is 0 Å². The molecule has 0 fully saturated rings. The second-order valence-electron chi connectivity index (χ2n) is 5.38. The first-order valence-electron chi connectivity index (χ1n) is 5.85. The Morgan fingerprint density at radius 1 is 1.25 bits per heavy atom. The predicted octanol–water partition coefficient (Wildman–Crippen LogP) is 4.63. The third-order valence-electron chi connectivity index (χ3n) is 2.60. The molecule has 0 amide bonds. The van der Waals surface area contributed by atoms with Gasteiger partial charge in [0.2, 0.25) is 0 Å². The fourth-order valence-electron chi connectivity index (χ4n) is 1.77. The number of aryl methyl sites for hydroxylation is 1. The molecule has 88 valence electrons. The van der Waals surface area contributed by atoms with Crippen molar-refractivity contribution < 1.29 is 0 Å². The van der Waals surface area contributed by atoms with Crippen molar-refractivity contribution in [2.45, 2.75) is 47.1 Å². The summed E-state index contributed by atoms with van der Waals surface area (Å²) in [7, 11) is 0. The second kappa shape index (κ2) is 4.73. The van der Waals surface area contributed by atoms with E-state index >= 15 is 0 Å². The van der Waals surface area contributed by atoms with Crippen molar-refractivity contribution >= 4 is 11.3 Å². The van der Waals surface area contributed by atoms with Crippen molar-refractivity contribution in [3.8, 4) is 0 Å². The van der Waals surface area contributed by atoms with Crippen LogP contribution in [0.4, 0.5) is 5.69 Å². The smallest absolute Gasteiger partial charge is 0.0347 e. The van der Waals surface area contributed by atoms with E-state index < -0.39 is 0 Å². The summed E-state index contributed by atoms with van der Waals surface area (Å²) < 4.78 is 0. The zero-order chi connectivity index (χ0) is 12.3. The van der Waals surface area contributed by atoms with Gasteiger partial charge in [0, 0.05) is 11.2 Å². The molecule has 1 nitrogen and oxygen atoms in total. The molecule has 0 heterocycles. The minimum absolute atomic E-state index is 0.115. The summed E-state index contributed by atoms with van der Waals surface area (Å²) in [5, 5.41) is 3.49. The number of nitrogens with one attached hydrogen (secondary N) is 1. The number of allylic oxidation sites excluding steroid dienone is 2. The van der Waals surface area contributed by atoms with Crippen LogP contribution >= 0.6 is 0 Å². The third-order valence-corrected chi connectivity index (χ3v) is 2.60. The zero-order valence-electron chi connectivity index (χ0n) is 11.3. The van der Waals surface area contributed by atoms with Gasteiger partial charge >= 0.3 is 0 Å². The van der Waals surface area contributed by atoms with E-state index in [1.54, 1.807) is 0 Å². The molecule has 1 heteroatoms. The summed E-state index contributed by atoms with van der Waals surface area (Å²) in [5.74, 6) is 0. The fourth-order valence-corrected chi connectivity index (χ4v) is 1.77. The molecule has 0 aromatic heterocycles. The maximum absolute atomic E-state index is 3.49. The highest BCUT2D eigenvalue weighted by atomic mass is 14.9. The molecule has 1 aromatic carbocycles. The lowest BCUT2D eigenvalue weighted by molar-refractivity contribution is 0.634. The number of hydrogen-bond donors (Lipinski definition) is 1. The lowest BCUT2D eigenvalue weighted by Gasteiger charge is -2.23. The van der Waals surface area contributed by atoms with Crippen molar-refractivity contribution in [1.82, 2.24) is 0 Å². The Hall–Kier alpha value is -1.24. The standard InChI is InChI=1S/C15H23N/c1-7-11(2)14-9-8-13(10-12(14)3)16-15(4,5)6/h7-10,16H,1-6H3/b11-7+. The van der Waals surface area contributed by atoms with Crippen LogP contribution < -0.4 is 5.32 Å². The molecule has 1 aromatic rings. The topological polar surface area (TPSA) is 12.0 Å². The highest BCUT2D eigenvalue weighted by Gasteiger charge is 2.10. The second-order valence-corrected chi connectivity index (χ2v) is 5.38. The van der Waals surface area contributed by atoms with Gasteiger partial charge in [-0.25, -0.2) is 0 Å². The van der Waals surface area contributed by atoms with Gasteiger partial charge in [0.1, 0.15) is 0 Å². The van der Waals surface area contributed by atoms with Gasteiger partial charge in [-0.15, -0.1) is 0 Å². The van der Waals surface area contributed by atoms with Gasteiger partial charge in [-0.1, -0.05) is 12.1 Å². The Labute approximate surface area is 99.6 Å². The summed E-state index contributed by atoms with van der Waals surface area (Å²) in [6.45, 7) is 12.9. The molecule has 1 rings (SSSR count). The summed E-state index contributed by atoms with van der Waals surface area (Å²) in [6, 6.07) is 6.56. The van der Waals surface area contributed by atoms with Gasteiger partial charge in [-0.3, -0.25) is 0 Å². The lowest BCUT2D eigenvalue weighted by atomic mass is 10.00. The van der Waals surface area contributed by atoms with Gasteiger partial charge in [-0.05, 0) is 70.4 Å². The molecule has 0 atom stereocenters. The molecule has 0 bridgehead atoms. The van der Waals surface area contributed by atoms with Crippen LogP contribution in [-0.2, 0) is 0 Å². The van der Waals surface area contributed by atoms with Gasteiger partial charge < -0.3 is 5.32 Å². The summed E-state index contributed by atoms with van der Waals surface area (Å²) in [4.78, 5) is 0. The Morgan fingerprint density at radius 2 is 1.88 bits per heavy atom. The summed E-state index contributed by atoms with van der Waals surface area (Å²) >= 11 is 0. The van der Waals surface area contributed by atoms with Crippen molar-refractivity contribution in [2.24, 2.45) is 0 Å². The highest BCUT2D eigenvalue weighted by Crippen LogP contribution is 2.23. The van der Waals surface area contributed by atoms with Crippen molar-refractivity contribution in [3.05, 3.63) is 35.4 Å². The highest BCUT2D eigenvalue weighted by molar-refractivity contribution is 5.68. The number of rotatable bonds is 2. The Bertz CT molecular complexity index is 394. The molecule has 0 saturated heterocycles. The normalized spacial score (nSPS) is 12.8. The maximum atomic E-state index is 3.49. The molecular weight excluding hydrogens is 194 g/mol. The maximum Gasteiger partial charge on any atom is 0.0347 e. The predicted molar refractivity (Wildman–Crippen MR) is 73.9 cm³/mol. The monoisotopic (exact) mass is 217 g/mol. The van der Waals surface area contributed by atoms with E-state index in [2.05, 4.69) is 71.1 Å². The molecule has 0 saturated carbocycles. The molecule has 1 N–H and O–H groups in total. The average Bonchev–Trinajstić information content (AvgIpc) is 2.14. The average molecular weight is 217 g/mol. The molecule has 0 radical (unpaired) electrons. The van der Waals surface area contributed by atoms with Crippen LogP contribution in [0.25, 0.3) is 5.57 Å². The number of benzene rings is 1. The third kappa shape index (κ3) is 3.41. The molecule has 0 spiro atoms. The van der Waals surface area contributed by atoms with Crippen LogP contribution in [0.3, 0.4) is 0 Å². The minimum atomic E-state index is 0.115. The summed E-state index contributed by atoms with van der Waals surface area (Å²) in [5.41, 5.74) is 5.30. The SMILES string of the molecule is C/C=C(\C)c1ccc(NC(C)(C)C)cc1C. The molecule has 16 heavy (non-hydrogen) atoms. The van der Waals surface area contributed by atoms with Crippen LogP contribution in [0.1, 0.15) is 45.7 Å². The molecule has 0 unspecified atom stereocenters. The first kappa shape index (κ1) is 12.8. The Balaban J connectivity index is 3.00. The van der Waals surface area contributed by atoms with E-state index in [-0.39, 0.29) is 5.54 Å². The number of hydrogen-bond acceptors (Lipinski definition) is 1. The molecule has 0 aliphatic heterocycles. The quantitative estimate of drug-likeness (QED) is 0.761. The van der Waals surface area contributed by atoms with Crippen LogP contribution in [0, 0.1) is 6.92 Å². The molecule has 0 aliphatic rings. The zero-order valence-corrected chi connectivity index (χ0v) is 11.3. The lowest BCUT2D eigenvalue weighted by Crippen LogP contribution is -2.26. The van der Waals surface area contributed by atoms with Crippen molar-refractivity contribution in [2.75, 3.05) is 5.32 Å². The Morgan fingerprint density at radius 3 is 2.31 bits per heavy atom. The van der Waals surface area contributed by atoms with E-state index in [0.29, 0.717) is 0 Å². The van der Waals surface area contributed by atoms with Crippen molar-refractivity contribution in [1.29, 1.82) is 0 Å². The van der Waals surface area contributed by atoms with Crippen LogP contribution in [0.15, 0.2) is 24.3 Å². The van der Waals surface area contributed by atoms with E-state index in [1.807, 2.05) is 0 Å². The number of anilines is 1. The molecule has 0 aliphatic carbocycles. The largest absolute Gasteiger partial charge is 0.380 e. The van der Waals surface area contributed by atoms with E-state index in [9.17, 15) is 0 Å². The van der Waals surface area contributed by atoms with E-state index in [1.165, 1.54) is 22.4 Å². The van der Waals surface area contributed by atoms with Crippen LogP contribution in [0.5, 0.6) is 0 Å². The van der Waals surface area contributed by atoms with E-state index in [0.717, 1.165) is 0 Å². The van der Waals surface area contributed by atoms with Gasteiger partial charge in [-0.2, -0.15) is 0 Å². The minimum Gasteiger partial charge on any atom is -0.380 e. The summed E-state index contributed by atoms with van der Waals surface area (Å²) in [6.07, 6.45) is 2.15.